The molecule has 216 valence electrons. The lowest BCUT2D eigenvalue weighted by atomic mass is 10.1. The van der Waals surface area contributed by atoms with E-state index >= 15 is 0 Å². The minimum absolute atomic E-state index is 0.235. The van der Waals surface area contributed by atoms with Gasteiger partial charge in [-0.2, -0.15) is 0 Å². The molecule has 0 saturated heterocycles. The zero-order chi connectivity index (χ0) is 31.1. The minimum atomic E-state index is -0.620. The number of esters is 2. The summed E-state index contributed by atoms with van der Waals surface area (Å²) < 4.78 is 11.0. The van der Waals surface area contributed by atoms with E-state index in [-0.39, 0.29) is 11.1 Å². The number of hydrogen-bond acceptors (Lipinski definition) is 8. The van der Waals surface area contributed by atoms with Crippen molar-refractivity contribution in [1.82, 2.24) is 0 Å². The molecule has 2 aliphatic heterocycles. The van der Waals surface area contributed by atoms with Crippen molar-refractivity contribution in [2.45, 2.75) is 13.8 Å². The number of carbonyl (C=O) groups excluding carboxylic acids is 6. The smallest absolute Gasteiger partial charge is 0.343 e. The van der Waals surface area contributed by atoms with E-state index in [0.717, 1.165) is 20.6 Å². The molecule has 4 aromatic carbocycles. The molecule has 4 amide bonds. The molecule has 6 rings (SSSR count). The van der Waals surface area contributed by atoms with Crippen molar-refractivity contribution in [1.29, 1.82) is 0 Å². The number of amides is 4. The summed E-state index contributed by atoms with van der Waals surface area (Å²) in [7, 11) is 0. The Bertz CT molecular complexity index is 1840. The van der Waals surface area contributed by atoms with Gasteiger partial charge in [-0.15, -0.1) is 0 Å². The van der Waals surface area contributed by atoms with E-state index in [1.54, 1.807) is 50.2 Å². The molecule has 2 aliphatic rings. The summed E-state index contributed by atoms with van der Waals surface area (Å²) in [6.07, 6.45) is 2.53. The predicted octanol–water partition coefficient (Wildman–Crippen LogP) is 4.92. The van der Waals surface area contributed by atoms with Crippen molar-refractivity contribution >= 4 is 57.7 Å². The molecule has 0 aliphatic carbocycles. The van der Waals surface area contributed by atoms with Crippen LogP contribution in [0.3, 0.4) is 0 Å². The summed E-state index contributed by atoms with van der Waals surface area (Å²) in [6.45, 7) is 3.13. The van der Waals surface area contributed by atoms with E-state index in [2.05, 4.69) is 0 Å². The summed E-state index contributed by atoms with van der Waals surface area (Å²) >= 11 is 0. The van der Waals surface area contributed by atoms with Gasteiger partial charge in [-0.05, 0) is 97.4 Å². The Balaban J connectivity index is 1.10. The topological polar surface area (TPSA) is 127 Å². The van der Waals surface area contributed by atoms with E-state index in [1.807, 2.05) is 0 Å². The van der Waals surface area contributed by atoms with Crippen molar-refractivity contribution in [2.24, 2.45) is 0 Å². The lowest BCUT2D eigenvalue weighted by molar-refractivity contribution is -0.121. The highest BCUT2D eigenvalue weighted by atomic mass is 16.5. The molecule has 10 nitrogen and oxygen atoms in total. The van der Waals surface area contributed by atoms with Gasteiger partial charge in [-0.1, -0.05) is 12.1 Å². The number of hydrogen-bond donors (Lipinski definition) is 0. The van der Waals surface area contributed by atoms with Crippen LogP contribution in [-0.2, 0) is 19.2 Å². The van der Waals surface area contributed by atoms with Crippen LogP contribution >= 0.6 is 0 Å². The van der Waals surface area contributed by atoms with Crippen LogP contribution in [0.15, 0.2) is 108 Å². The molecule has 0 N–H and O–H groups in total. The van der Waals surface area contributed by atoms with Crippen molar-refractivity contribution < 1.29 is 38.2 Å². The average molecular weight is 587 g/mol. The van der Waals surface area contributed by atoms with Gasteiger partial charge in [0, 0.05) is 23.3 Å². The Morgan fingerprint density at radius 1 is 0.523 bits per heavy atom. The molecule has 4 aromatic rings. The third-order valence-electron chi connectivity index (χ3n) is 7.13. The Kier molecular flexibility index (Phi) is 6.94. The van der Waals surface area contributed by atoms with Crippen LogP contribution in [0, 0.1) is 0 Å². The van der Waals surface area contributed by atoms with Crippen molar-refractivity contribution in [3.05, 3.63) is 119 Å². The van der Waals surface area contributed by atoms with Gasteiger partial charge >= 0.3 is 11.9 Å². The fourth-order valence-corrected chi connectivity index (χ4v) is 4.82. The second-order valence-corrected chi connectivity index (χ2v) is 10.2. The van der Waals surface area contributed by atoms with E-state index in [0.29, 0.717) is 34.0 Å². The van der Waals surface area contributed by atoms with Gasteiger partial charge in [0.2, 0.25) is 0 Å². The van der Waals surface area contributed by atoms with Crippen LogP contribution in [-0.4, -0.2) is 35.6 Å². The number of carbonyl (C=O) groups is 6. The first kappa shape index (κ1) is 28.0. The molecule has 44 heavy (non-hydrogen) atoms. The summed E-state index contributed by atoms with van der Waals surface area (Å²) in [5, 5.41) is 1.46. The van der Waals surface area contributed by atoms with Gasteiger partial charge in [-0.25, -0.2) is 19.4 Å². The number of imide groups is 2. The highest BCUT2D eigenvalue weighted by Gasteiger charge is 2.31. The Morgan fingerprint density at radius 2 is 0.886 bits per heavy atom. The zero-order valence-electron chi connectivity index (χ0n) is 23.4. The molecule has 0 aromatic heterocycles. The molecular formula is C34H22N2O8. The zero-order valence-corrected chi connectivity index (χ0v) is 23.4. The normalized spacial score (nSPS) is 14.7. The summed E-state index contributed by atoms with van der Waals surface area (Å²) in [5.74, 6) is -2.34. The van der Waals surface area contributed by atoms with Gasteiger partial charge in [0.25, 0.3) is 23.6 Å². The molecule has 0 radical (unpaired) electrons. The second kappa shape index (κ2) is 10.9. The van der Waals surface area contributed by atoms with Gasteiger partial charge in [-0.3, -0.25) is 19.2 Å². The lowest BCUT2D eigenvalue weighted by Gasteiger charge is -2.15. The molecule has 0 unspecified atom stereocenters. The second-order valence-electron chi connectivity index (χ2n) is 10.2. The Morgan fingerprint density at radius 3 is 1.20 bits per heavy atom. The van der Waals surface area contributed by atoms with Gasteiger partial charge in [0.15, 0.2) is 0 Å². The summed E-state index contributed by atoms with van der Waals surface area (Å²) in [5.41, 5.74) is 1.86. The third kappa shape index (κ3) is 5.16. The van der Waals surface area contributed by atoms with E-state index < -0.39 is 35.6 Å². The number of anilines is 2. The van der Waals surface area contributed by atoms with Crippen LogP contribution in [0.1, 0.15) is 34.6 Å². The van der Waals surface area contributed by atoms with Gasteiger partial charge < -0.3 is 9.47 Å². The molecule has 0 atom stereocenters. The summed E-state index contributed by atoms with van der Waals surface area (Å²) in [6, 6.07) is 21.9. The molecule has 2 heterocycles. The first-order valence-corrected chi connectivity index (χ1v) is 13.4. The van der Waals surface area contributed by atoms with Crippen LogP contribution in [0.25, 0.3) is 10.8 Å². The van der Waals surface area contributed by atoms with Gasteiger partial charge in [0.1, 0.15) is 11.5 Å². The maximum atomic E-state index is 12.7. The number of benzene rings is 4. The number of fused-ring (bicyclic) bond motifs is 1. The fourth-order valence-electron chi connectivity index (χ4n) is 4.82. The highest BCUT2D eigenvalue weighted by molar-refractivity contribution is 6.31. The van der Waals surface area contributed by atoms with Crippen LogP contribution in [0.2, 0.25) is 0 Å². The number of ether oxygens (including phenoxy) is 2. The van der Waals surface area contributed by atoms with E-state index in [9.17, 15) is 28.8 Å². The number of nitrogens with zero attached hydrogens (tertiary/aromatic N) is 2. The maximum Gasteiger partial charge on any atom is 0.343 e. The fraction of sp³-hybridized carbons (Fsp3) is 0.0588. The highest BCUT2D eigenvalue weighted by Crippen LogP contribution is 2.28. The Labute approximate surface area is 250 Å². The van der Waals surface area contributed by atoms with Crippen LogP contribution in [0.4, 0.5) is 11.4 Å². The first-order valence-electron chi connectivity index (χ1n) is 13.4. The van der Waals surface area contributed by atoms with Crippen molar-refractivity contribution in [2.75, 3.05) is 9.80 Å². The molecular weight excluding hydrogens is 564 g/mol. The Hall–Kier alpha value is -6.16. The van der Waals surface area contributed by atoms with E-state index in [4.69, 9.17) is 9.47 Å². The summed E-state index contributed by atoms with van der Waals surface area (Å²) in [4.78, 5) is 76.1. The van der Waals surface area contributed by atoms with Crippen LogP contribution < -0.4 is 19.3 Å². The molecule has 0 bridgehead atoms. The molecule has 0 fully saturated rings. The average Bonchev–Trinajstić information content (AvgIpc) is 3.42. The molecule has 0 saturated carbocycles. The maximum absolute atomic E-state index is 12.7. The standard InChI is InChI=1S/C34H22N2O8/c1-19-15-29(37)35(31(19)39)25-9-3-21(4-10-25)33(41)43-27-13-7-24-18-28(14-8-23(24)17-27)44-34(42)22-5-11-26(12-6-22)36-30(38)16-20(2)32(36)40/h3-18H,1-2H3. The first-order chi connectivity index (χ1) is 21.1. The minimum Gasteiger partial charge on any atom is -0.423 e. The van der Waals surface area contributed by atoms with E-state index in [1.165, 1.54) is 60.7 Å². The lowest BCUT2D eigenvalue weighted by Crippen LogP contribution is -2.30. The SMILES string of the molecule is CC1=CC(=O)N(c2ccc(C(=O)Oc3ccc4cc(OC(=O)c5ccc(N6C(=O)C=C(C)C6=O)cc5)ccc4c3)cc2)C1=O. The van der Waals surface area contributed by atoms with Crippen LogP contribution in [0.5, 0.6) is 11.5 Å². The third-order valence-corrected chi connectivity index (χ3v) is 7.13. The van der Waals surface area contributed by atoms with Crippen molar-refractivity contribution in [3.8, 4) is 11.5 Å². The van der Waals surface area contributed by atoms with Gasteiger partial charge in [0.05, 0.1) is 22.5 Å². The molecule has 0 spiro atoms. The molecule has 10 heteroatoms. The monoisotopic (exact) mass is 586 g/mol. The number of rotatable bonds is 6. The largest absolute Gasteiger partial charge is 0.423 e. The predicted molar refractivity (Wildman–Crippen MR) is 159 cm³/mol. The van der Waals surface area contributed by atoms with Crippen molar-refractivity contribution in [3.63, 3.8) is 0 Å². The quantitative estimate of drug-likeness (QED) is 0.177.